The minimum Gasteiger partial charge on any atom is -0.326 e. The van der Waals surface area contributed by atoms with E-state index in [0.717, 1.165) is 30.9 Å². The Morgan fingerprint density at radius 1 is 1.21 bits per heavy atom. The van der Waals surface area contributed by atoms with E-state index in [1.807, 2.05) is 12.1 Å². The average molecular weight is 260 g/mol. The zero-order valence-electron chi connectivity index (χ0n) is 12.0. The van der Waals surface area contributed by atoms with Gasteiger partial charge in [-0.1, -0.05) is 18.6 Å². The van der Waals surface area contributed by atoms with Crippen LogP contribution in [-0.2, 0) is 4.79 Å². The number of hydrogen-bond acceptors (Lipinski definition) is 2. The molecule has 1 aromatic carbocycles. The summed E-state index contributed by atoms with van der Waals surface area (Å²) in [5.41, 5.74) is 3.33. The van der Waals surface area contributed by atoms with Crippen LogP contribution in [0.4, 0.5) is 5.69 Å². The molecule has 1 aromatic rings. The van der Waals surface area contributed by atoms with E-state index in [4.69, 9.17) is 0 Å². The van der Waals surface area contributed by atoms with Gasteiger partial charge in [-0.25, -0.2) is 0 Å². The number of carbonyl (C=O) groups is 1. The van der Waals surface area contributed by atoms with Gasteiger partial charge in [-0.2, -0.15) is 0 Å². The monoisotopic (exact) mass is 260 g/mol. The summed E-state index contributed by atoms with van der Waals surface area (Å²) in [4.78, 5) is 14.4. The van der Waals surface area contributed by atoms with Crippen molar-refractivity contribution in [1.29, 1.82) is 0 Å². The lowest BCUT2D eigenvalue weighted by Gasteiger charge is -2.26. The highest BCUT2D eigenvalue weighted by atomic mass is 16.1. The third-order valence-corrected chi connectivity index (χ3v) is 3.98. The van der Waals surface area contributed by atoms with Gasteiger partial charge < -0.3 is 10.2 Å². The van der Waals surface area contributed by atoms with Gasteiger partial charge in [-0.3, -0.25) is 4.79 Å². The van der Waals surface area contributed by atoms with Crippen LogP contribution in [0, 0.1) is 13.8 Å². The molecule has 1 heterocycles. The summed E-state index contributed by atoms with van der Waals surface area (Å²) < 4.78 is 0. The zero-order chi connectivity index (χ0) is 13.7. The number of hydrogen-bond donors (Lipinski definition) is 1. The fourth-order valence-corrected chi connectivity index (χ4v) is 2.54. The minimum absolute atomic E-state index is 0.124. The number of piperidine rings is 1. The van der Waals surface area contributed by atoms with Gasteiger partial charge in [0.15, 0.2) is 0 Å². The van der Waals surface area contributed by atoms with Crippen LogP contribution >= 0.6 is 0 Å². The topological polar surface area (TPSA) is 32.3 Å². The summed E-state index contributed by atoms with van der Waals surface area (Å²) in [5, 5.41) is 3.03. The summed E-state index contributed by atoms with van der Waals surface area (Å²) in [6.07, 6.45) is 4.48. The van der Waals surface area contributed by atoms with Crippen molar-refractivity contribution < 1.29 is 4.79 Å². The molecule has 104 valence electrons. The normalized spacial score (nSPS) is 16.3. The minimum atomic E-state index is 0.124. The lowest BCUT2D eigenvalue weighted by Crippen LogP contribution is -2.32. The standard InChI is InChI=1S/C16H24N2O/c1-13-7-6-8-15(14(13)2)17-16(19)9-12-18-10-4-3-5-11-18/h6-8H,3-5,9-12H2,1-2H3,(H,17,19). The number of nitrogens with one attached hydrogen (secondary N) is 1. The Hall–Kier alpha value is -1.35. The predicted octanol–water partition coefficient (Wildman–Crippen LogP) is 3.12. The Balaban J connectivity index is 1.82. The third kappa shape index (κ3) is 4.06. The van der Waals surface area contributed by atoms with Crippen LogP contribution in [0.5, 0.6) is 0 Å². The second-order valence-corrected chi connectivity index (χ2v) is 5.45. The van der Waals surface area contributed by atoms with E-state index >= 15 is 0 Å². The van der Waals surface area contributed by atoms with E-state index in [9.17, 15) is 4.79 Å². The van der Waals surface area contributed by atoms with Crippen LogP contribution in [0.1, 0.15) is 36.8 Å². The van der Waals surface area contributed by atoms with Crippen LogP contribution in [0.3, 0.4) is 0 Å². The van der Waals surface area contributed by atoms with Gasteiger partial charge in [0.05, 0.1) is 0 Å². The molecule has 0 bridgehead atoms. The molecule has 0 radical (unpaired) electrons. The molecule has 0 unspecified atom stereocenters. The van der Waals surface area contributed by atoms with Crippen LogP contribution in [0.2, 0.25) is 0 Å². The fraction of sp³-hybridized carbons (Fsp3) is 0.562. The Morgan fingerprint density at radius 3 is 2.68 bits per heavy atom. The van der Waals surface area contributed by atoms with Crippen molar-refractivity contribution in [3.05, 3.63) is 29.3 Å². The smallest absolute Gasteiger partial charge is 0.225 e. The molecule has 1 saturated heterocycles. The fourth-order valence-electron chi connectivity index (χ4n) is 2.54. The van der Waals surface area contributed by atoms with Crippen LogP contribution < -0.4 is 5.32 Å². The maximum absolute atomic E-state index is 12.0. The first-order valence-electron chi connectivity index (χ1n) is 7.25. The number of aryl methyl sites for hydroxylation is 1. The lowest BCUT2D eigenvalue weighted by molar-refractivity contribution is -0.116. The molecule has 0 atom stereocenters. The first-order valence-corrected chi connectivity index (χ1v) is 7.25. The molecule has 2 rings (SSSR count). The lowest BCUT2D eigenvalue weighted by atomic mass is 10.1. The molecule has 1 aliphatic heterocycles. The molecule has 3 nitrogen and oxygen atoms in total. The molecule has 0 spiro atoms. The van der Waals surface area contributed by atoms with Gasteiger partial charge in [-0.15, -0.1) is 0 Å². The molecular formula is C16H24N2O. The Bertz CT molecular complexity index is 436. The summed E-state index contributed by atoms with van der Waals surface area (Å²) >= 11 is 0. The number of likely N-dealkylation sites (tertiary alicyclic amines) is 1. The van der Waals surface area contributed by atoms with Gasteiger partial charge >= 0.3 is 0 Å². The maximum atomic E-state index is 12.0. The van der Waals surface area contributed by atoms with Crippen LogP contribution in [-0.4, -0.2) is 30.4 Å². The summed E-state index contributed by atoms with van der Waals surface area (Å²) in [7, 11) is 0. The SMILES string of the molecule is Cc1cccc(NC(=O)CCN2CCCCC2)c1C. The van der Waals surface area contributed by atoms with Gasteiger partial charge in [0.25, 0.3) is 0 Å². The number of rotatable bonds is 4. The van der Waals surface area contributed by atoms with Gasteiger partial charge in [-0.05, 0) is 57.0 Å². The summed E-state index contributed by atoms with van der Waals surface area (Å²) in [6, 6.07) is 6.03. The number of benzene rings is 1. The highest BCUT2D eigenvalue weighted by Crippen LogP contribution is 2.18. The largest absolute Gasteiger partial charge is 0.326 e. The molecule has 1 fully saturated rings. The van der Waals surface area contributed by atoms with E-state index < -0.39 is 0 Å². The summed E-state index contributed by atoms with van der Waals surface area (Å²) in [6.45, 7) is 7.30. The number of nitrogens with zero attached hydrogens (tertiary/aromatic N) is 1. The van der Waals surface area contributed by atoms with Crippen molar-refractivity contribution in [2.45, 2.75) is 39.5 Å². The molecule has 0 saturated carbocycles. The second-order valence-electron chi connectivity index (χ2n) is 5.45. The molecule has 1 N–H and O–H groups in total. The van der Waals surface area contributed by atoms with Gasteiger partial charge in [0.1, 0.15) is 0 Å². The molecule has 0 aliphatic carbocycles. The van der Waals surface area contributed by atoms with Gasteiger partial charge in [0, 0.05) is 18.7 Å². The van der Waals surface area contributed by atoms with Crippen molar-refractivity contribution in [2.24, 2.45) is 0 Å². The number of anilines is 1. The van der Waals surface area contributed by atoms with E-state index in [1.54, 1.807) is 0 Å². The Morgan fingerprint density at radius 2 is 1.95 bits per heavy atom. The molecule has 1 amide bonds. The van der Waals surface area contributed by atoms with Crippen molar-refractivity contribution >= 4 is 11.6 Å². The molecule has 1 aliphatic rings. The second kappa shape index (κ2) is 6.71. The Labute approximate surface area is 116 Å². The van der Waals surface area contributed by atoms with Crippen LogP contribution in [0.15, 0.2) is 18.2 Å². The number of amides is 1. The van der Waals surface area contributed by atoms with Crippen molar-refractivity contribution in [2.75, 3.05) is 25.0 Å². The highest BCUT2D eigenvalue weighted by Gasteiger charge is 2.12. The summed E-state index contributed by atoms with van der Waals surface area (Å²) in [5.74, 6) is 0.124. The molecule has 3 heteroatoms. The quantitative estimate of drug-likeness (QED) is 0.902. The van der Waals surface area contributed by atoms with Gasteiger partial charge in [0.2, 0.25) is 5.91 Å². The van der Waals surface area contributed by atoms with Crippen LogP contribution in [0.25, 0.3) is 0 Å². The molecular weight excluding hydrogens is 236 g/mol. The zero-order valence-corrected chi connectivity index (χ0v) is 12.0. The van der Waals surface area contributed by atoms with E-state index in [0.29, 0.717) is 6.42 Å². The highest BCUT2D eigenvalue weighted by molar-refractivity contribution is 5.91. The first kappa shape index (κ1) is 14.1. The van der Waals surface area contributed by atoms with Crippen molar-refractivity contribution in [3.63, 3.8) is 0 Å². The third-order valence-electron chi connectivity index (χ3n) is 3.98. The van der Waals surface area contributed by atoms with E-state index in [2.05, 4.69) is 30.1 Å². The Kier molecular flexibility index (Phi) is 4.97. The van der Waals surface area contributed by atoms with Crippen molar-refractivity contribution in [1.82, 2.24) is 4.90 Å². The van der Waals surface area contributed by atoms with Crippen molar-refractivity contribution in [3.8, 4) is 0 Å². The van der Waals surface area contributed by atoms with E-state index in [-0.39, 0.29) is 5.91 Å². The molecule has 0 aromatic heterocycles. The first-order chi connectivity index (χ1) is 9.16. The predicted molar refractivity (Wildman–Crippen MR) is 79.5 cm³/mol. The number of carbonyl (C=O) groups excluding carboxylic acids is 1. The van der Waals surface area contributed by atoms with E-state index in [1.165, 1.54) is 24.8 Å². The average Bonchev–Trinajstić information content (AvgIpc) is 2.43. The molecule has 19 heavy (non-hydrogen) atoms. The maximum Gasteiger partial charge on any atom is 0.225 e.